The molecule has 2 fully saturated rings. The van der Waals surface area contributed by atoms with Gasteiger partial charge in [-0.25, -0.2) is 0 Å². The standard InChI is InChI=1S/C17H24N2O2/c1-3-18-15-6-4-12(8-11(15)2)17(21)19-9-13-5-7-16(20)14(13)10-19/h4,6,8,13-14,16,18,20H,3,5,7,9-10H2,1-2H3. The van der Waals surface area contributed by atoms with Crippen LogP contribution in [0.25, 0.3) is 0 Å². The fourth-order valence-electron chi connectivity index (χ4n) is 3.77. The number of aliphatic hydroxyl groups excluding tert-OH is 1. The van der Waals surface area contributed by atoms with E-state index in [1.54, 1.807) is 0 Å². The van der Waals surface area contributed by atoms with Crippen molar-refractivity contribution in [1.82, 2.24) is 4.90 Å². The summed E-state index contributed by atoms with van der Waals surface area (Å²) in [6.07, 6.45) is 1.73. The van der Waals surface area contributed by atoms with Gasteiger partial charge < -0.3 is 15.3 Å². The predicted octanol–water partition coefficient (Wildman–Crippen LogP) is 2.27. The van der Waals surface area contributed by atoms with Crippen molar-refractivity contribution in [3.8, 4) is 0 Å². The van der Waals surface area contributed by atoms with Crippen molar-refractivity contribution < 1.29 is 9.90 Å². The molecule has 1 saturated carbocycles. The Balaban J connectivity index is 1.73. The van der Waals surface area contributed by atoms with Gasteiger partial charge in [-0.15, -0.1) is 0 Å². The highest BCUT2D eigenvalue weighted by molar-refractivity contribution is 5.95. The number of aliphatic hydroxyl groups is 1. The van der Waals surface area contributed by atoms with Crippen LogP contribution in [0.1, 0.15) is 35.7 Å². The molecule has 4 heteroatoms. The molecule has 114 valence electrons. The Morgan fingerprint density at radius 2 is 2.19 bits per heavy atom. The van der Waals surface area contributed by atoms with Crippen LogP contribution >= 0.6 is 0 Å². The van der Waals surface area contributed by atoms with Crippen molar-refractivity contribution in [1.29, 1.82) is 0 Å². The number of nitrogens with zero attached hydrogens (tertiary/aromatic N) is 1. The average molecular weight is 288 g/mol. The van der Waals surface area contributed by atoms with E-state index < -0.39 is 0 Å². The lowest BCUT2D eigenvalue weighted by atomic mass is 10.00. The first-order valence-electron chi connectivity index (χ1n) is 7.92. The molecular formula is C17H24N2O2. The topological polar surface area (TPSA) is 52.6 Å². The van der Waals surface area contributed by atoms with Crippen LogP contribution in [0, 0.1) is 18.8 Å². The number of benzene rings is 1. The van der Waals surface area contributed by atoms with E-state index in [9.17, 15) is 9.90 Å². The molecule has 3 atom stereocenters. The number of anilines is 1. The number of amides is 1. The molecule has 2 N–H and O–H groups in total. The zero-order valence-electron chi connectivity index (χ0n) is 12.8. The van der Waals surface area contributed by atoms with Crippen molar-refractivity contribution in [3.05, 3.63) is 29.3 Å². The van der Waals surface area contributed by atoms with Gasteiger partial charge in [-0.1, -0.05) is 0 Å². The maximum Gasteiger partial charge on any atom is 0.253 e. The number of hydrogen-bond acceptors (Lipinski definition) is 3. The van der Waals surface area contributed by atoms with E-state index in [2.05, 4.69) is 12.2 Å². The van der Waals surface area contributed by atoms with Gasteiger partial charge in [-0.05, 0) is 56.4 Å². The van der Waals surface area contributed by atoms with Gasteiger partial charge in [0.1, 0.15) is 0 Å². The number of nitrogens with one attached hydrogen (secondary N) is 1. The quantitative estimate of drug-likeness (QED) is 0.897. The molecule has 2 aliphatic rings. The minimum atomic E-state index is -0.217. The lowest BCUT2D eigenvalue weighted by Gasteiger charge is -2.19. The number of aryl methyl sites for hydroxylation is 1. The largest absolute Gasteiger partial charge is 0.393 e. The van der Waals surface area contributed by atoms with Crippen LogP contribution in [0.4, 0.5) is 5.69 Å². The molecule has 0 aromatic heterocycles. The van der Waals surface area contributed by atoms with Gasteiger partial charge in [0.25, 0.3) is 5.91 Å². The number of carbonyl (C=O) groups is 1. The molecule has 1 aliphatic carbocycles. The summed E-state index contributed by atoms with van der Waals surface area (Å²) in [4.78, 5) is 14.5. The van der Waals surface area contributed by atoms with Crippen LogP contribution < -0.4 is 5.32 Å². The molecule has 3 unspecified atom stereocenters. The van der Waals surface area contributed by atoms with Gasteiger partial charge in [0.15, 0.2) is 0 Å². The smallest absolute Gasteiger partial charge is 0.253 e. The third-order valence-electron chi connectivity index (χ3n) is 4.95. The third kappa shape index (κ3) is 2.64. The summed E-state index contributed by atoms with van der Waals surface area (Å²) >= 11 is 0. The Bertz CT molecular complexity index is 544. The van der Waals surface area contributed by atoms with Gasteiger partial charge in [0.05, 0.1) is 6.10 Å². The first kappa shape index (κ1) is 14.4. The summed E-state index contributed by atoms with van der Waals surface area (Å²) in [5, 5.41) is 13.3. The monoisotopic (exact) mass is 288 g/mol. The van der Waals surface area contributed by atoms with Gasteiger partial charge >= 0.3 is 0 Å². The molecular weight excluding hydrogens is 264 g/mol. The van der Waals surface area contributed by atoms with E-state index in [1.807, 2.05) is 30.0 Å². The van der Waals surface area contributed by atoms with Crippen molar-refractivity contribution in [3.63, 3.8) is 0 Å². The summed E-state index contributed by atoms with van der Waals surface area (Å²) in [5.74, 6) is 0.880. The number of hydrogen-bond donors (Lipinski definition) is 2. The number of carbonyl (C=O) groups excluding carboxylic acids is 1. The Labute approximate surface area is 126 Å². The van der Waals surface area contributed by atoms with Crippen LogP contribution in [0.15, 0.2) is 18.2 Å². The van der Waals surface area contributed by atoms with E-state index in [0.717, 1.165) is 42.7 Å². The zero-order chi connectivity index (χ0) is 15.0. The lowest BCUT2D eigenvalue weighted by molar-refractivity contribution is 0.0752. The number of likely N-dealkylation sites (tertiary alicyclic amines) is 1. The molecule has 0 spiro atoms. The van der Waals surface area contributed by atoms with E-state index >= 15 is 0 Å². The number of fused-ring (bicyclic) bond motifs is 1. The zero-order valence-corrected chi connectivity index (χ0v) is 12.8. The van der Waals surface area contributed by atoms with Crippen LogP contribution in [-0.2, 0) is 0 Å². The summed E-state index contributed by atoms with van der Waals surface area (Å²) in [7, 11) is 0. The van der Waals surface area contributed by atoms with Crippen molar-refractivity contribution in [2.24, 2.45) is 11.8 Å². The van der Waals surface area contributed by atoms with Crippen LogP contribution in [-0.4, -0.2) is 41.7 Å². The highest BCUT2D eigenvalue weighted by atomic mass is 16.3. The van der Waals surface area contributed by atoms with Gasteiger partial charge in [0.2, 0.25) is 0 Å². The Kier molecular flexibility index (Phi) is 3.89. The Hall–Kier alpha value is -1.55. The van der Waals surface area contributed by atoms with Crippen molar-refractivity contribution in [2.45, 2.75) is 32.8 Å². The molecule has 4 nitrogen and oxygen atoms in total. The second kappa shape index (κ2) is 5.68. The molecule has 0 bridgehead atoms. The first-order valence-corrected chi connectivity index (χ1v) is 7.92. The molecule has 1 aromatic carbocycles. The van der Waals surface area contributed by atoms with E-state index in [4.69, 9.17) is 0 Å². The number of rotatable bonds is 3. The SMILES string of the molecule is CCNc1ccc(C(=O)N2CC3CCC(O)C3C2)cc1C. The van der Waals surface area contributed by atoms with Crippen LogP contribution in [0.5, 0.6) is 0 Å². The predicted molar refractivity (Wildman–Crippen MR) is 83.5 cm³/mol. The molecule has 0 radical (unpaired) electrons. The van der Waals surface area contributed by atoms with Gasteiger partial charge in [0, 0.05) is 36.8 Å². The maximum atomic E-state index is 12.6. The normalized spacial score (nSPS) is 27.8. The van der Waals surface area contributed by atoms with Crippen molar-refractivity contribution in [2.75, 3.05) is 25.0 Å². The summed E-state index contributed by atoms with van der Waals surface area (Å²) in [6.45, 7) is 6.47. The van der Waals surface area contributed by atoms with Crippen LogP contribution in [0.2, 0.25) is 0 Å². The van der Waals surface area contributed by atoms with E-state index in [-0.39, 0.29) is 17.9 Å². The molecule has 21 heavy (non-hydrogen) atoms. The maximum absolute atomic E-state index is 12.6. The molecule has 3 rings (SSSR count). The van der Waals surface area contributed by atoms with E-state index in [1.165, 1.54) is 0 Å². The average Bonchev–Trinajstić information content (AvgIpc) is 3.03. The fourth-order valence-corrected chi connectivity index (χ4v) is 3.77. The second-order valence-electron chi connectivity index (χ2n) is 6.34. The lowest BCUT2D eigenvalue weighted by Crippen LogP contribution is -2.31. The molecule has 1 aliphatic heterocycles. The molecule has 1 saturated heterocycles. The fraction of sp³-hybridized carbons (Fsp3) is 0.588. The minimum absolute atomic E-state index is 0.0998. The van der Waals surface area contributed by atoms with Crippen LogP contribution in [0.3, 0.4) is 0 Å². The first-order chi connectivity index (χ1) is 10.1. The molecule has 1 amide bonds. The Morgan fingerprint density at radius 1 is 1.38 bits per heavy atom. The highest BCUT2D eigenvalue weighted by Crippen LogP contribution is 2.38. The molecule has 1 heterocycles. The van der Waals surface area contributed by atoms with Gasteiger partial charge in [-0.3, -0.25) is 4.79 Å². The summed E-state index contributed by atoms with van der Waals surface area (Å²) in [5.41, 5.74) is 2.94. The summed E-state index contributed by atoms with van der Waals surface area (Å²) in [6, 6.07) is 5.85. The van der Waals surface area contributed by atoms with E-state index in [0.29, 0.717) is 12.5 Å². The third-order valence-corrected chi connectivity index (χ3v) is 4.95. The Morgan fingerprint density at radius 3 is 2.86 bits per heavy atom. The van der Waals surface area contributed by atoms with Gasteiger partial charge in [-0.2, -0.15) is 0 Å². The molecule has 1 aromatic rings. The summed E-state index contributed by atoms with van der Waals surface area (Å²) < 4.78 is 0. The minimum Gasteiger partial charge on any atom is -0.393 e. The highest BCUT2D eigenvalue weighted by Gasteiger charge is 2.43. The second-order valence-corrected chi connectivity index (χ2v) is 6.34. The van der Waals surface area contributed by atoms with Crippen molar-refractivity contribution >= 4 is 11.6 Å².